The summed E-state index contributed by atoms with van der Waals surface area (Å²) in [5.41, 5.74) is 9.00. The smallest absolute Gasteiger partial charge is 0.0243 e. The molecule has 0 radical (unpaired) electrons. The molecule has 0 spiro atoms. The third-order valence-corrected chi connectivity index (χ3v) is 7.50. The molecule has 0 bridgehead atoms. The topological polar surface area (TPSA) is 6.48 Å². The van der Waals surface area contributed by atoms with Crippen molar-refractivity contribution < 1.29 is 0 Å². The standard InChI is InChI=1S/C26H34N2/c1-18(2)27-16-24-9-8-21(14-25(24)17-27)20-6-7-23-15-26(11-10-22(23)13-20)28-12-4-5-19(28)3/h6-9,13-14,18-19,26H,4-5,10-12,15-17H2,1-3H3. The Kier molecular flexibility index (Phi) is 4.80. The summed E-state index contributed by atoms with van der Waals surface area (Å²) in [6.45, 7) is 10.5. The predicted octanol–water partition coefficient (Wildman–Crippen LogP) is 5.42. The summed E-state index contributed by atoms with van der Waals surface area (Å²) in [6.07, 6.45) is 6.58. The molecular weight excluding hydrogens is 340 g/mol. The van der Waals surface area contributed by atoms with Crippen molar-refractivity contribution >= 4 is 0 Å². The number of hydrogen-bond donors (Lipinski definition) is 0. The number of benzene rings is 2. The Morgan fingerprint density at radius 2 is 1.57 bits per heavy atom. The minimum Gasteiger partial charge on any atom is -0.297 e. The monoisotopic (exact) mass is 374 g/mol. The number of aryl methyl sites for hydroxylation is 1. The Bertz CT molecular complexity index is 869. The van der Waals surface area contributed by atoms with Gasteiger partial charge in [-0.15, -0.1) is 0 Å². The number of rotatable bonds is 3. The van der Waals surface area contributed by atoms with Gasteiger partial charge < -0.3 is 0 Å². The highest BCUT2D eigenvalue weighted by Crippen LogP contribution is 2.34. The van der Waals surface area contributed by atoms with E-state index in [1.807, 2.05) is 0 Å². The molecule has 28 heavy (non-hydrogen) atoms. The molecule has 148 valence electrons. The van der Waals surface area contributed by atoms with Crippen molar-refractivity contribution in [3.05, 3.63) is 58.7 Å². The second-order valence-corrected chi connectivity index (χ2v) is 9.59. The van der Waals surface area contributed by atoms with E-state index in [9.17, 15) is 0 Å². The van der Waals surface area contributed by atoms with Crippen molar-refractivity contribution in [2.75, 3.05) is 6.54 Å². The van der Waals surface area contributed by atoms with Crippen LogP contribution >= 0.6 is 0 Å². The van der Waals surface area contributed by atoms with Gasteiger partial charge in [-0.05, 0) is 98.9 Å². The maximum atomic E-state index is 2.78. The highest BCUT2D eigenvalue weighted by Gasteiger charge is 2.30. The fourth-order valence-electron chi connectivity index (χ4n) is 5.66. The van der Waals surface area contributed by atoms with Gasteiger partial charge in [0, 0.05) is 31.2 Å². The van der Waals surface area contributed by atoms with Gasteiger partial charge >= 0.3 is 0 Å². The van der Waals surface area contributed by atoms with Gasteiger partial charge in [-0.25, -0.2) is 0 Å². The lowest BCUT2D eigenvalue weighted by molar-refractivity contribution is 0.174. The first-order valence-corrected chi connectivity index (χ1v) is 11.3. The molecule has 0 amide bonds. The molecule has 2 nitrogen and oxygen atoms in total. The predicted molar refractivity (Wildman–Crippen MR) is 117 cm³/mol. The third-order valence-electron chi connectivity index (χ3n) is 7.50. The first kappa shape index (κ1) is 18.4. The molecule has 3 aliphatic rings. The van der Waals surface area contributed by atoms with Crippen LogP contribution in [-0.2, 0) is 25.9 Å². The van der Waals surface area contributed by atoms with Gasteiger partial charge in [-0.2, -0.15) is 0 Å². The molecule has 0 saturated carbocycles. The number of nitrogens with zero attached hydrogens (tertiary/aromatic N) is 2. The van der Waals surface area contributed by atoms with Crippen molar-refractivity contribution in [3.63, 3.8) is 0 Å². The Labute approximate surface area is 170 Å². The molecule has 2 heteroatoms. The van der Waals surface area contributed by atoms with Crippen LogP contribution in [0.1, 0.15) is 62.3 Å². The molecule has 1 fully saturated rings. The van der Waals surface area contributed by atoms with Gasteiger partial charge in [-0.3, -0.25) is 9.80 Å². The first-order valence-electron chi connectivity index (χ1n) is 11.3. The molecule has 2 unspecified atom stereocenters. The normalized spacial score (nSPS) is 25.3. The molecule has 1 aliphatic carbocycles. The minimum atomic E-state index is 0.617. The molecule has 2 aliphatic heterocycles. The molecule has 0 aromatic heterocycles. The average molecular weight is 375 g/mol. The summed E-state index contributed by atoms with van der Waals surface area (Å²) < 4.78 is 0. The van der Waals surface area contributed by atoms with Crippen molar-refractivity contribution in [1.82, 2.24) is 9.80 Å². The van der Waals surface area contributed by atoms with Gasteiger partial charge in [0.2, 0.25) is 0 Å². The van der Waals surface area contributed by atoms with E-state index in [0.29, 0.717) is 6.04 Å². The lowest BCUT2D eigenvalue weighted by Gasteiger charge is -2.35. The zero-order valence-electron chi connectivity index (χ0n) is 17.7. The van der Waals surface area contributed by atoms with E-state index >= 15 is 0 Å². The molecule has 2 heterocycles. The maximum Gasteiger partial charge on any atom is 0.0243 e. The van der Waals surface area contributed by atoms with Crippen molar-refractivity contribution in [1.29, 1.82) is 0 Å². The highest BCUT2D eigenvalue weighted by molar-refractivity contribution is 5.67. The van der Waals surface area contributed by atoms with Gasteiger partial charge in [0.05, 0.1) is 0 Å². The molecule has 2 atom stereocenters. The quantitative estimate of drug-likeness (QED) is 0.708. The molecular formula is C26H34N2. The van der Waals surface area contributed by atoms with Crippen LogP contribution in [0, 0.1) is 0 Å². The van der Waals surface area contributed by atoms with Crippen LogP contribution in [0.5, 0.6) is 0 Å². The van der Waals surface area contributed by atoms with E-state index in [1.165, 1.54) is 60.9 Å². The summed E-state index contributed by atoms with van der Waals surface area (Å²) in [7, 11) is 0. The average Bonchev–Trinajstić information content (AvgIpc) is 3.32. The molecule has 2 aromatic carbocycles. The molecule has 1 saturated heterocycles. The Hall–Kier alpha value is -1.64. The van der Waals surface area contributed by atoms with Crippen LogP contribution in [0.2, 0.25) is 0 Å². The fraction of sp³-hybridized carbons (Fsp3) is 0.538. The van der Waals surface area contributed by atoms with Crippen molar-refractivity contribution in [2.24, 2.45) is 0 Å². The van der Waals surface area contributed by atoms with E-state index < -0.39 is 0 Å². The lowest BCUT2D eigenvalue weighted by Crippen LogP contribution is -2.41. The van der Waals surface area contributed by atoms with E-state index in [-0.39, 0.29) is 0 Å². The summed E-state index contributed by atoms with van der Waals surface area (Å²) in [5.74, 6) is 0. The van der Waals surface area contributed by atoms with Gasteiger partial charge in [0.25, 0.3) is 0 Å². The number of hydrogen-bond acceptors (Lipinski definition) is 2. The second kappa shape index (κ2) is 7.31. The minimum absolute atomic E-state index is 0.617. The van der Waals surface area contributed by atoms with Gasteiger partial charge in [-0.1, -0.05) is 30.3 Å². The van der Waals surface area contributed by atoms with Crippen molar-refractivity contribution in [2.45, 2.75) is 84.1 Å². The van der Waals surface area contributed by atoms with Crippen molar-refractivity contribution in [3.8, 4) is 11.1 Å². The van der Waals surface area contributed by atoms with Crippen LogP contribution < -0.4 is 0 Å². The van der Waals surface area contributed by atoms with E-state index in [4.69, 9.17) is 0 Å². The Morgan fingerprint density at radius 1 is 0.857 bits per heavy atom. The number of likely N-dealkylation sites (tertiary alicyclic amines) is 1. The zero-order valence-corrected chi connectivity index (χ0v) is 17.7. The summed E-state index contributed by atoms with van der Waals surface area (Å²) in [4.78, 5) is 5.33. The molecule has 2 aromatic rings. The van der Waals surface area contributed by atoms with E-state index in [2.05, 4.69) is 67.0 Å². The third kappa shape index (κ3) is 3.31. The Balaban J connectivity index is 1.36. The largest absolute Gasteiger partial charge is 0.297 e. The van der Waals surface area contributed by atoms with Crippen LogP contribution in [0.15, 0.2) is 36.4 Å². The molecule has 0 N–H and O–H groups in total. The second-order valence-electron chi connectivity index (χ2n) is 9.59. The zero-order chi connectivity index (χ0) is 19.3. The van der Waals surface area contributed by atoms with Gasteiger partial charge in [0.15, 0.2) is 0 Å². The van der Waals surface area contributed by atoms with Crippen LogP contribution in [0.4, 0.5) is 0 Å². The van der Waals surface area contributed by atoms with E-state index in [0.717, 1.165) is 25.2 Å². The lowest BCUT2D eigenvalue weighted by atomic mass is 9.85. The van der Waals surface area contributed by atoms with Crippen LogP contribution in [0.25, 0.3) is 11.1 Å². The SMILES string of the molecule is CC(C)N1Cc2ccc(-c3ccc4c(c3)CCC(N3CCCC3C)C4)cc2C1. The molecule has 5 rings (SSSR count). The highest BCUT2D eigenvalue weighted by atomic mass is 15.2. The van der Waals surface area contributed by atoms with E-state index in [1.54, 1.807) is 11.1 Å². The maximum absolute atomic E-state index is 2.78. The van der Waals surface area contributed by atoms with Crippen LogP contribution in [-0.4, -0.2) is 34.5 Å². The van der Waals surface area contributed by atoms with Crippen LogP contribution in [0.3, 0.4) is 0 Å². The first-order chi connectivity index (χ1) is 13.6. The number of fused-ring (bicyclic) bond motifs is 2. The summed E-state index contributed by atoms with van der Waals surface area (Å²) in [5, 5.41) is 0. The summed E-state index contributed by atoms with van der Waals surface area (Å²) >= 11 is 0. The summed E-state index contributed by atoms with van der Waals surface area (Å²) in [6, 6.07) is 16.6. The fourth-order valence-corrected chi connectivity index (χ4v) is 5.66. The van der Waals surface area contributed by atoms with Gasteiger partial charge in [0.1, 0.15) is 0 Å². The Morgan fingerprint density at radius 3 is 2.29 bits per heavy atom.